The van der Waals surface area contributed by atoms with E-state index in [1.165, 1.54) is 12.1 Å². The quantitative estimate of drug-likeness (QED) is 0.877. The molecule has 0 heterocycles. The molecule has 4 heteroatoms. The van der Waals surface area contributed by atoms with Crippen molar-refractivity contribution in [1.82, 2.24) is 5.32 Å². The van der Waals surface area contributed by atoms with Gasteiger partial charge in [-0.25, -0.2) is 8.78 Å². The van der Waals surface area contributed by atoms with E-state index in [1.54, 1.807) is 30.3 Å². The summed E-state index contributed by atoms with van der Waals surface area (Å²) in [5.41, 5.74) is 1.22. The minimum atomic E-state index is -0.353. The van der Waals surface area contributed by atoms with Crippen LogP contribution in [0.15, 0.2) is 46.9 Å². The monoisotopic (exact) mass is 325 g/mol. The normalized spacial score (nSPS) is 12.4. The van der Waals surface area contributed by atoms with Crippen LogP contribution in [-0.2, 0) is 0 Å². The van der Waals surface area contributed by atoms with Crippen LogP contribution in [0, 0.1) is 11.6 Å². The highest BCUT2D eigenvalue weighted by atomic mass is 79.9. The van der Waals surface area contributed by atoms with Crippen molar-refractivity contribution in [3.63, 3.8) is 0 Å². The number of halogens is 3. The molecule has 0 amide bonds. The maximum Gasteiger partial charge on any atom is 0.137 e. The second kappa shape index (κ2) is 6.26. The molecule has 0 spiro atoms. The maximum absolute atomic E-state index is 13.9. The van der Waals surface area contributed by atoms with Crippen LogP contribution in [0.25, 0.3) is 0 Å². The first-order valence-corrected chi connectivity index (χ1v) is 6.85. The van der Waals surface area contributed by atoms with E-state index < -0.39 is 0 Å². The van der Waals surface area contributed by atoms with Crippen LogP contribution in [0.3, 0.4) is 0 Å². The first-order valence-electron chi connectivity index (χ1n) is 6.06. The SMILES string of the molecule is CCNC(c1ccc(Br)c(F)c1)c1ccccc1F. The van der Waals surface area contributed by atoms with Gasteiger partial charge in [0.25, 0.3) is 0 Å². The highest BCUT2D eigenvalue weighted by molar-refractivity contribution is 9.10. The number of benzene rings is 2. The van der Waals surface area contributed by atoms with Gasteiger partial charge in [0.05, 0.1) is 10.5 Å². The van der Waals surface area contributed by atoms with E-state index in [1.807, 2.05) is 6.92 Å². The van der Waals surface area contributed by atoms with Gasteiger partial charge in [-0.15, -0.1) is 0 Å². The molecular formula is C15H14BrF2N. The summed E-state index contributed by atoms with van der Waals surface area (Å²) < 4.78 is 27.9. The van der Waals surface area contributed by atoms with Crippen molar-refractivity contribution >= 4 is 15.9 Å². The molecule has 1 N–H and O–H groups in total. The molecule has 1 nitrogen and oxygen atoms in total. The van der Waals surface area contributed by atoms with Crippen molar-refractivity contribution in [2.75, 3.05) is 6.54 Å². The number of hydrogen-bond donors (Lipinski definition) is 1. The number of hydrogen-bond acceptors (Lipinski definition) is 1. The lowest BCUT2D eigenvalue weighted by atomic mass is 9.98. The number of nitrogens with one attached hydrogen (secondary N) is 1. The van der Waals surface area contributed by atoms with Crippen molar-refractivity contribution in [3.8, 4) is 0 Å². The van der Waals surface area contributed by atoms with Gasteiger partial charge in [-0.1, -0.05) is 31.2 Å². The molecule has 2 aromatic rings. The van der Waals surface area contributed by atoms with Gasteiger partial charge >= 0.3 is 0 Å². The van der Waals surface area contributed by atoms with Gasteiger partial charge in [0.1, 0.15) is 11.6 Å². The molecule has 1 unspecified atom stereocenters. The summed E-state index contributed by atoms with van der Waals surface area (Å²) >= 11 is 3.12. The van der Waals surface area contributed by atoms with Gasteiger partial charge in [-0.2, -0.15) is 0 Å². The standard InChI is InChI=1S/C15H14BrF2N/c1-2-19-15(11-5-3-4-6-13(11)17)10-7-8-12(16)14(18)9-10/h3-9,15,19H,2H2,1H3. The van der Waals surface area contributed by atoms with Crippen LogP contribution in [0.1, 0.15) is 24.1 Å². The topological polar surface area (TPSA) is 12.0 Å². The van der Waals surface area contributed by atoms with Gasteiger partial charge < -0.3 is 5.32 Å². The third-order valence-corrected chi connectivity index (χ3v) is 3.54. The summed E-state index contributed by atoms with van der Waals surface area (Å²) in [5, 5.41) is 3.18. The second-order valence-corrected chi connectivity index (χ2v) is 5.04. The second-order valence-electron chi connectivity index (χ2n) is 4.19. The molecule has 0 saturated heterocycles. The Kier molecular flexibility index (Phi) is 4.66. The van der Waals surface area contributed by atoms with E-state index in [0.29, 0.717) is 22.1 Å². The molecule has 0 radical (unpaired) electrons. The fourth-order valence-corrected chi connectivity index (χ4v) is 2.26. The van der Waals surface area contributed by atoms with Crippen LogP contribution >= 0.6 is 15.9 Å². The van der Waals surface area contributed by atoms with Crippen LogP contribution in [-0.4, -0.2) is 6.54 Å². The zero-order valence-corrected chi connectivity index (χ0v) is 12.0. The summed E-state index contributed by atoms with van der Waals surface area (Å²) in [6.45, 7) is 2.60. The minimum absolute atomic E-state index is 0.295. The van der Waals surface area contributed by atoms with Gasteiger partial charge in [-0.3, -0.25) is 0 Å². The Labute approximate surface area is 119 Å². The van der Waals surface area contributed by atoms with Gasteiger partial charge in [0.2, 0.25) is 0 Å². The van der Waals surface area contributed by atoms with Crippen LogP contribution in [0.2, 0.25) is 0 Å². The summed E-state index contributed by atoms with van der Waals surface area (Å²) in [4.78, 5) is 0. The lowest BCUT2D eigenvalue weighted by Crippen LogP contribution is -2.23. The molecule has 0 fully saturated rings. The predicted molar refractivity (Wildman–Crippen MR) is 76.0 cm³/mol. The van der Waals surface area contributed by atoms with Gasteiger partial charge in [0.15, 0.2) is 0 Å². The molecular weight excluding hydrogens is 312 g/mol. The molecule has 0 saturated carbocycles. The Morgan fingerprint density at radius 2 is 1.84 bits per heavy atom. The third kappa shape index (κ3) is 3.19. The average Bonchev–Trinajstić information content (AvgIpc) is 2.40. The van der Waals surface area contributed by atoms with Crippen molar-refractivity contribution in [1.29, 1.82) is 0 Å². The van der Waals surface area contributed by atoms with E-state index in [9.17, 15) is 8.78 Å². The molecule has 2 aromatic carbocycles. The van der Waals surface area contributed by atoms with Gasteiger partial charge in [-0.05, 0) is 46.2 Å². The Morgan fingerprint density at radius 3 is 2.47 bits per heavy atom. The van der Waals surface area contributed by atoms with E-state index in [2.05, 4.69) is 21.2 Å². The van der Waals surface area contributed by atoms with Gasteiger partial charge in [0, 0.05) is 5.56 Å². The van der Waals surface area contributed by atoms with Crippen LogP contribution in [0.5, 0.6) is 0 Å². The lowest BCUT2D eigenvalue weighted by molar-refractivity contribution is 0.554. The molecule has 100 valence electrons. The average molecular weight is 326 g/mol. The van der Waals surface area contributed by atoms with E-state index >= 15 is 0 Å². The molecule has 0 aliphatic rings. The highest BCUT2D eigenvalue weighted by Crippen LogP contribution is 2.27. The highest BCUT2D eigenvalue weighted by Gasteiger charge is 2.17. The molecule has 0 aromatic heterocycles. The maximum atomic E-state index is 13.9. The third-order valence-electron chi connectivity index (χ3n) is 2.90. The van der Waals surface area contributed by atoms with Crippen molar-refractivity contribution in [3.05, 3.63) is 69.7 Å². The summed E-state index contributed by atoms with van der Waals surface area (Å²) in [5.74, 6) is -0.645. The van der Waals surface area contributed by atoms with E-state index in [0.717, 1.165) is 0 Å². The van der Waals surface area contributed by atoms with Crippen molar-refractivity contribution in [2.45, 2.75) is 13.0 Å². The molecule has 0 bridgehead atoms. The zero-order valence-electron chi connectivity index (χ0n) is 10.5. The molecule has 2 rings (SSSR count). The first-order chi connectivity index (χ1) is 9.13. The summed E-state index contributed by atoms with van der Waals surface area (Å²) in [7, 11) is 0. The number of rotatable bonds is 4. The minimum Gasteiger partial charge on any atom is -0.306 e. The molecule has 19 heavy (non-hydrogen) atoms. The fourth-order valence-electron chi connectivity index (χ4n) is 2.01. The molecule has 0 aliphatic carbocycles. The smallest absolute Gasteiger partial charge is 0.137 e. The lowest BCUT2D eigenvalue weighted by Gasteiger charge is -2.19. The van der Waals surface area contributed by atoms with Crippen molar-refractivity contribution < 1.29 is 8.78 Å². The molecule has 0 aliphatic heterocycles. The summed E-state index contributed by atoms with van der Waals surface area (Å²) in [6.07, 6.45) is 0. The first kappa shape index (κ1) is 14.2. The largest absolute Gasteiger partial charge is 0.306 e. The Hall–Kier alpha value is -1.26. The van der Waals surface area contributed by atoms with E-state index in [-0.39, 0.29) is 17.7 Å². The van der Waals surface area contributed by atoms with Crippen LogP contribution in [0.4, 0.5) is 8.78 Å². The fraction of sp³-hybridized carbons (Fsp3) is 0.200. The van der Waals surface area contributed by atoms with E-state index in [4.69, 9.17) is 0 Å². The Morgan fingerprint density at radius 1 is 1.11 bits per heavy atom. The Balaban J connectivity index is 2.45. The van der Waals surface area contributed by atoms with Crippen molar-refractivity contribution in [2.24, 2.45) is 0 Å². The van der Waals surface area contributed by atoms with Crippen LogP contribution < -0.4 is 5.32 Å². The molecule has 1 atom stereocenters. The predicted octanol–water partition coefficient (Wildman–Crippen LogP) is 4.43. The zero-order chi connectivity index (χ0) is 13.8. The Bertz CT molecular complexity index is 572. The summed E-state index contributed by atoms with van der Waals surface area (Å²) in [6, 6.07) is 11.0.